The Bertz CT molecular complexity index is 687. The molecule has 1 heterocycles. The average Bonchev–Trinajstić information content (AvgIpc) is 3.22. The Kier molecular flexibility index (Phi) is 4.37. The number of hydrogen-bond acceptors (Lipinski definition) is 3. The van der Waals surface area contributed by atoms with Gasteiger partial charge in [-0.05, 0) is 30.5 Å². The highest BCUT2D eigenvalue weighted by atomic mass is 16.5. The van der Waals surface area contributed by atoms with Crippen LogP contribution in [0.2, 0.25) is 0 Å². The molecule has 0 spiro atoms. The summed E-state index contributed by atoms with van der Waals surface area (Å²) in [5, 5.41) is 7.24. The quantitative estimate of drug-likeness (QED) is 0.923. The molecule has 1 saturated carbocycles. The lowest BCUT2D eigenvalue weighted by Crippen LogP contribution is -2.42. The van der Waals surface area contributed by atoms with Crippen LogP contribution in [0, 0.1) is 0 Å². The highest BCUT2D eigenvalue weighted by Crippen LogP contribution is 2.42. The van der Waals surface area contributed by atoms with E-state index >= 15 is 0 Å². The number of aromatic nitrogens is 2. The molecule has 3 rings (SSSR count). The Morgan fingerprint density at radius 1 is 1.39 bits per heavy atom. The van der Waals surface area contributed by atoms with E-state index < -0.39 is 5.41 Å². The number of hydrogen-bond donors (Lipinski definition) is 1. The SMILES string of the molecule is COc1cccc(C2(C(=O)NCc3cnn(C)c3)CCCC2)c1. The Morgan fingerprint density at radius 2 is 2.17 bits per heavy atom. The fourth-order valence-electron chi connectivity index (χ4n) is 3.46. The molecule has 0 bridgehead atoms. The summed E-state index contributed by atoms with van der Waals surface area (Å²) in [4.78, 5) is 13.0. The number of ether oxygens (including phenoxy) is 1. The molecule has 1 aliphatic rings. The lowest BCUT2D eigenvalue weighted by atomic mass is 9.78. The van der Waals surface area contributed by atoms with E-state index in [0.717, 1.165) is 42.6 Å². The number of methoxy groups -OCH3 is 1. The molecule has 5 heteroatoms. The third kappa shape index (κ3) is 3.09. The predicted molar refractivity (Wildman–Crippen MR) is 88.2 cm³/mol. The van der Waals surface area contributed by atoms with Crippen molar-refractivity contribution in [2.75, 3.05) is 7.11 Å². The third-order valence-electron chi connectivity index (χ3n) is 4.73. The second-order valence-electron chi connectivity index (χ2n) is 6.23. The smallest absolute Gasteiger partial charge is 0.230 e. The van der Waals surface area contributed by atoms with E-state index in [1.165, 1.54) is 0 Å². The number of nitrogens with zero attached hydrogens (tertiary/aromatic N) is 2. The van der Waals surface area contributed by atoms with Crippen LogP contribution in [0.5, 0.6) is 5.75 Å². The topological polar surface area (TPSA) is 56.1 Å². The van der Waals surface area contributed by atoms with Crippen molar-refractivity contribution < 1.29 is 9.53 Å². The maximum atomic E-state index is 13.0. The minimum Gasteiger partial charge on any atom is -0.497 e. The first kappa shape index (κ1) is 15.6. The molecule has 0 atom stereocenters. The second-order valence-corrected chi connectivity index (χ2v) is 6.23. The molecule has 1 fully saturated rings. The third-order valence-corrected chi connectivity index (χ3v) is 4.73. The predicted octanol–water partition coefficient (Wildman–Crippen LogP) is 2.56. The molecule has 0 unspecified atom stereocenters. The van der Waals surface area contributed by atoms with Gasteiger partial charge in [0.25, 0.3) is 0 Å². The fourth-order valence-corrected chi connectivity index (χ4v) is 3.46. The Hall–Kier alpha value is -2.30. The molecular formula is C18H23N3O2. The van der Waals surface area contributed by atoms with E-state index in [9.17, 15) is 4.79 Å². The fraction of sp³-hybridized carbons (Fsp3) is 0.444. The summed E-state index contributed by atoms with van der Waals surface area (Å²) in [6, 6.07) is 7.91. The van der Waals surface area contributed by atoms with Crippen LogP contribution < -0.4 is 10.1 Å². The maximum absolute atomic E-state index is 13.0. The number of aryl methyl sites for hydroxylation is 1. The molecule has 1 amide bonds. The van der Waals surface area contributed by atoms with E-state index in [-0.39, 0.29) is 5.91 Å². The van der Waals surface area contributed by atoms with Crippen LogP contribution in [0.15, 0.2) is 36.7 Å². The molecule has 1 aliphatic carbocycles. The van der Waals surface area contributed by atoms with Gasteiger partial charge in [0.15, 0.2) is 0 Å². The summed E-state index contributed by atoms with van der Waals surface area (Å²) in [5.41, 5.74) is 1.63. The molecule has 0 saturated heterocycles. The number of amides is 1. The largest absolute Gasteiger partial charge is 0.497 e. The van der Waals surface area contributed by atoms with Crippen LogP contribution in [-0.4, -0.2) is 22.8 Å². The van der Waals surface area contributed by atoms with Gasteiger partial charge in [0.05, 0.1) is 18.7 Å². The van der Waals surface area contributed by atoms with Crippen molar-refractivity contribution in [3.8, 4) is 5.75 Å². The number of carbonyl (C=O) groups is 1. The van der Waals surface area contributed by atoms with Crippen LogP contribution in [-0.2, 0) is 23.8 Å². The van der Waals surface area contributed by atoms with Crippen molar-refractivity contribution in [1.29, 1.82) is 0 Å². The summed E-state index contributed by atoms with van der Waals surface area (Å²) in [6.07, 6.45) is 7.65. The molecule has 1 aromatic carbocycles. The summed E-state index contributed by atoms with van der Waals surface area (Å²) >= 11 is 0. The molecule has 122 valence electrons. The van der Waals surface area contributed by atoms with Crippen molar-refractivity contribution in [2.24, 2.45) is 7.05 Å². The molecule has 1 N–H and O–H groups in total. The molecule has 5 nitrogen and oxygen atoms in total. The normalized spacial score (nSPS) is 16.3. The van der Waals surface area contributed by atoms with Crippen molar-refractivity contribution in [3.63, 3.8) is 0 Å². The molecule has 0 aliphatic heterocycles. The first-order valence-electron chi connectivity index (χ1n) is 8.04. The van der Waals surface area contributed by atoms with Gasteiger partial charge in [0.2, 0.25) is 5.91 Å². The van der Waals surface area contributed by atoms with Gasteiger partial charge in [0, 0.05) is 25.4 Å². The Balaban J connectivity index is 1.80. The van der Waals surface area contributed by atoms with Crippen molar-refractivity contribution in [1.82, 2.24) is 15.1 Å². The highest BCUT2D eigenvalue weighted by Gasteiger charge is 2.42. The lowest BCUT2D eigenvalue weighted by Gasteiger charge is -2.28. The number of carbonyl (C=O) groups excluding carboxylic acids is 1. The van der Waals surface area contributed by atoms with E-state index in [2.05, 4.69) is 10.4 Å². The highest BCUT2D eigenvalue weighted by molar-refractivity contribution is 5.88. The van der Waals surface area contributed by atoms with Gasteiger partial charge in [-0.2, -0.15) is 5.10 Å². The molecular weight excluding hydrogens is 290 g/mol. The Morgan fingerprint density at radius 3 is 2.83 bits per heavy atom. The first-order chi connectivity index (χ1) is 11.1. The van der Waals surface area contributed by atoms with Gasteiger partial charge < -0.3 is 10.1 Å². The van der Waals surface area contributed by atoms with Crippen molar-refractivity contribution in [2.45, 2.75) is 37.6 Å². The molecule has 2 aromatic rings. The number of benzene rings is 1. The monoisotopic (exact) mass is 313 g/mol. The summed E-state index contributed by atoms with van der Waals surface area (Å²) in [7, 11) is 3.53. The van der Waals surface area contributed by atoms with Crippen LogP contribution in [0.1, 0.15) is 36.8 Å². The summed E-state index contributed by atoms with van der Waals surface area (Å²) in [5.74, 6) is 0.904. The minimum atomic E-state index is -0.434. The van der Waals surface area contributed by atoms with Gasteiger partial charge in [-0.15, -0.1) is 0 Å². The van der Waals surface area contributed by atoms with Crippen molar-refractivity contribution in [3.05, 3.63) is 47.8 Å². The van der Waals surface area contributed by atoms with Gasteiger partial charge in [0.1, 0.15) is 5.75 Å². The van der Waals surface area contributed by atoms with Crippen LogP contribution in [0.4, 0.5) is 0 Å². The standard InChI is InChI=1S/C18H23N3O2/c1-21-13-14(12-20-21)11-19-17(22)18(8-3-4-9-18)15-6-5-7-16(10-15)23-2/h5-7,10,12-13H,3-4,8-9,11H2,1-2H3,(H,19,22). The zero-order valence-corrected chi connectivity index (χ0v) is 13.7. The first-order valence-corrected chi connectivity index (χ1v) is 8.04. The zero-order chi connectivity index (χ0) is 16.3. The van der Waals surface area contributed by atoms with Gasteiger partial charge in [-0.1, -0.05) is 25.0 Å². The van der Waals surface area contributed by atoms with Crippen LogP contribution >= 0.6 is 0 Å². The van der Waals surface area contributed by atoms with Crippen molar-refractivity contribution >= 4 is 5.91 Å². The van der Waals surface area contributed by atoms with E-state index in [0.29, 0.717) is 6.54 Å². The van der Waals surface area contributed by atoms with Crippen LogP contribution in [0.25, 0.3) is 0 Å². The molecule has 0 radical (unpaired) electrons. The number of rotatable bonds is 5. The zero-order valence-electron chi connectivity index (χ0n) is 13.7. The number of nitrogens with one attached hydrogen (secondary N) is 1. The average molecular weight is 313 g/mol. The van der Waals surface area contributed by atoms with Gasteiger partial charge >= 0.3 is 0 Å². The van der Waals surface area contributed by atoms with Crippen LogP contribution in [0.3, 0.4) is 0 Å². The summed E-state index contributed by atoms with van der Waals surface area (Å²) in [6.45, 7) is 0.512. The Labute approximate surface area is 136 Å². The van der Waals surface area contributed by atoms with Gasteiger partial charge in [-0.25, -0.2) is 0 Å². The maximum Gasteiger partial charge on any atom is 0.230 e. The lowest BCUT2D eigenvalue weighted by molar-refractivity contribution is -0.126. The van der Waals surface area contributed by atoms with E-state index in [4.69, 9.17) is 4.74 Å². The second kappa shape index (κ2) is 6.44. The minimum absolute atomic E-state index is 0.104. The molecule has 23 heavy (non-hydrogen) atoms. The van der Waals surface area contributed by atoms with Gasteiger partial charge in [-0.3, -0.25) is 9.48 Å². The summed E-state index contributed by atoms with van der Waals surface area (Å²) < 4.78 is 7.07. The van der Waals surface area contributed by atoms with E-state index in [1.54, 1.807) is 18.0 Å². The van der Waals surface area contributed by atoms with E-state index in [1.807, 2.05) is 37.5 Å². The molecule has 1 aromatic heterocycles.